The predicted molar refractivity (Wildman–Crippen MR) is 100.0 cm³/mol. The van der Waals surface area contributed by atoms with Crippen LogP contribution in [0.5, 0.6) is 0 Å². The molecule has 0 radical (unpaired) electrons. The Morgan fingerprint density at radius 3 is 1.15 bits per heavy atom. The smallest absolute Gasteiger partial charge is 0.0923 e. The van der Waals surface area contributed by atoms with Crippen molar-refractivity contribution in [2.75, 3.05) is 0 Å². The molecule has 3 nitrogen and oxygen atoms in total. The number of epoxide rings is 3. The van der Waals surface area contributed by atoms with Gasteiger partial charge in [0, 0.05) is 0 Å². The van der Waals surface area contributed by atoms with Crippen LogP contribution in [-0.2, 0) is 14.2 Å². The molecule has 0 N–H and O–H groups in total. The molecule has 3 aliphatic carbocycles. The van der Waals surface area contributed by atoms with Crippen LogP contribution in [0.1, 0.15) is 85.5 Å². The Labute approximate surface area is 158 Å². The summed E-state index contributed by atoms with van der Waals surface area (Å²) < 4.78 is 18.3. The number of ether oxygens (including phenoxy) is 3. The lowest BCUT2D eigenvalue weighted by Crippen LogP contribution is -2.49. The van der Waals surface area contributed by atoms with Crippen LogP contribution in [0.25, 0.3) is 0 Å². The van der Waals surface area contributed by atoms with Crippen LogP contribution in [0, 0.1) is 23.2 Å². The van der Waals surface area contributed by atoms with E-state index in [9.17, 15) is 0 Å². The van der Waals surface area contributed by atoms with Crippen LogP contribution in [0.4, 0.5) is 0 Å². The molecule has 26 heavy (non-hydrogen) atoms. The van der Waals surface area contributed by atoms with Gasteiger partial charge in [0.25, 0.3) is 0 Å². The molecule has 6 aliphatic rings. The maximum atomic E-state index is 6.11. The second-order valence-electron chi connectivity index (χ2n) is 11.6. The van der Waals surface area contributed by atoms with Crippen LogP contribution in [0.2, 0.25) is 0 Å². The van der Waals surface area contributed by atoms with Crippen molar-refractivity contribution in [1.82, 2.24) is 0 Å². The highest BCUT2D eigenvalue weighted by molar-refractivity contribution is 5.14. The quantitative estimate of drug-likeness (QED) is 0.674. The SMILES string of the molecule is CC12CC(C(C)(C3CCC4OC4(C)C3)C3CCC4OC4(C)C3)CCC1O2. The summed E-state index contributed by atoms with van der Waals surface area (Å²) >= 11 is 0. The molecule has 3 heteroatoms. The lowest BCUT2D eigenvalue weighted by atomic mass is 9.50. The molecule has 6 fully saturated rings. The minimum absolute atomic E-state index is 0.193. The molecule has 0 bridgehead atoms. The summed E-state index contributed by atoms with van der Waals surface area (Å²) in [6.07, 6.45) is 13.5. The van der Waals surface area contributed by atoms with Gasteiger partial charge in [-0.05, 0) is 102 Å². The number of rotatable bonds is 3. The molecule has 0 spiro atoms. The summed E-state index contributed by atoms with van der Waals surface area (Å²) in [5.74, 6) is 2.41. The summed E-state index contributed by atoms with van der Waals surface area (Å²) in [6, 6.07) is 0. The minimum atomic E-state index is 0.193. The van der Waals surface area contributed by atoms with Crippen LogP contribution in [0.15, 0.2) is 0 Å². The maximum Gasteiger partial charge on any atom is 0.0923 e. The molecule has 9 unspecified atom stereocenters. The van der Waals surface area contributed by atoms with E-state index >= 15 is 0 Å². The third kappa shape index (κ3) is 2.23. The van der Waals surface area contributed by atoms with E-state index in [1.165, 1.54) is 57.8 Å². The fraction of sp³-hybridized carbons (Fsp3) is 1.00. The van der Waals surface area contributed by atoms with Gasteiger partial charge in [0.1, 0.15) is 0 Å². The highest BCUT2D eigenvalue weighted by Crippen LogP contribution is 2.65. The first-order valence-electron chi connectivity index (χ1n) is 11.3. The Balaban J connectivity index is 1.32. The first kappa shape index (κ1) is 16.8. The monoisotopic (exact) mass is 360 g/mol. The Morgan fingerprint density at radius 1 is 0.577 bits per heavy atom. The standard InChI is InChI=1S/C23H36O3/c1-20-11-14(5-8-17(20)24-20)23(4,15-6-9-18-21(2,12-15)25-18)16-7-10-19-22(3,13-16)26-19/h14-19H,5-13H2,1-4H3. The first-order valence-corrected chi connectivity index (χ1v) is 11.3. The highest BCUT2D eigenvalue weighted by Gasteiger charge is 2.66. The first-order chi connectivity index (χ1) is 12.3. The van der Waals surface area contributed by atoms with E-state index in [0.717, 1.165) is 17.8 Å². The zero-order valence-electron chi connectivity index (χ0n) is 17.1. The van der Waals surface area contributed by atoms with Crippen LogP contribution in [0.3, 0.4) is 0 Å². The molecule has 9 atom stereocenters. The van der Waals surface area contributed by atoms with Crippen molar-refractivity contribution >= 4 is 0 Å². The molecule has 3 heterocycles. The molecular formula is C23H36O3. The van der Waals surface area contributed by atoms with E-state index in [4.69, 9.17) is 14.2 Å². The van der Waals surface area contributed by atoms with Gasteiger partial charge in [0.15, 0.2) is 0 Å². The Bertz CT molecular complexity index is 549. The Kier molecular flexibility index (Phi) is 3.16. The Morgan fingerprint density at radius 2 is 0.885 bits per heavy atom. The number of fused-ring (bicyclic) bond motifs is 3. The maximum absolute atomic E-state index is 6.11. The lowest BCUT2D eigenvalue weighted by Gasteiger charge is -2.53. The van der Waals surface area contributed by atoms with Gasteiger partial charge in [-0.1, -0.05) is 6.92 Å². The summed E-state index contributed by atoms with van der Waals surface area (Å²) in [6.45, 7) is 9.79. The second kappa shape index (κ2) is 4.89. The topological polar surface area (TPSA) is 37.6 Å². The van der Waals surface area contributed by atoms with Gasteiger partial charge in [-0.2, -0.15) is 0 Å². The fourth-order valence-corrected chi connectivity index (χ4v) is 7.93. The predicted octanol–water partition coefficient (Wildman–Crippen LogP) is 4.87. The molecular weight excluding hydrogens is 324 g/mol. The summed E-state index contributed by atoms with van der Waals surface area (Å²) in [5.41, 5.74) is 0.995. The molecule has 6 rings (SSSR count). The van der Waals surface area contributed by atoms with Crippen molar-refractivity contribution in [1.29, 1.82) is 0 Å². The third-order valence-corrected chi connectivity index (χ3v) is 10.0. The normalized spacial score (nSPS) is 62.3. The van der Waals surface area contributed by atoms with Crippen LogP contribution < -0.4 is 0 Å². The highest BCUT2D eigenvalue weighted by atomic mass is 16.6. The molecule has 3 saturated carbocycles. The summed E-state index contributed by atoms with van der Waals surface area (Å²) in [5, 5.41) is 0. The van der Waals surface area contributed by atoms with E-state index in [0.29, 0.717) is 23.7 Å². The Hall–Kier alpha value is -0.120. The van der Waals surface area contributed by atoms with Gasteiger partial charge < -0.3 is 14.2 Å². The summed E-state index contributed by atoms with van der Waals surface area (Å²) in [7, 11) is 0. The van der Waals surface area contributed by atoms with Crippen molar-refractivity contribution in [3.63, 3.8) is 0 Å². The number of hydrogen-bond acceptors (Lipinski definition) is 3. The van der Waals surface area contributed by atoms with Gasteiger partial charge in [0.2, 0.25) is 0 Å². The van der Waals surface area contributed by atoms with Gasteiger partial charge >= 0.3 is 0 Å². The van der Waals surface area contributed by atoms with Gasteiger partial charge in [-0.25, -0.2) is 0 Å². The van der Waals surface area contributed by atoms with Gasteiger partial charge in [0.05, 0.1) is 35.1 Å². The average Bonchev–Trinajstić information content (AvgIpc) is 3.49. The largest absolute Gasteiger partial charge is 0.366 e. The molecule has 0 aromatic heterocycles. The third-order valence-electron chi connectivity index (χ3n) is 10.0. The van der Waals surface area contributed by atoms with E-state index in [2.05, 4.69) is 27.7 Å². The van der Waals surface area contributed by atoms with Gasteiger partial charge in [-0.15, -0.1) is 0 Å². The minimum Gasteiger partial charge on any atom is -0.366 e. The van der Waals surface area contributed by atoms with Crippen molar-refractivity contribution in [3.8, 4) is 0 Å². The zero-order chi connectivity index (χ0) is 17.9. The molecule has 0 aromatic carbocycles. The van der Waals surface area contributed by atoms with Gasteiger partial charge in [-0.3, -0.25) is 0 Å². The second-order valence-corrected chi connectivity index (χ2v) is 11.6. The fourth-order valence-electron chi connectivity index (χ4n) is 7.93. The molecule has 3 saturated heterocycles. The molecule has 3 aliphatic heterocycles. The van der Waals surface area contributed by atoms with Crippen molar-refractivity contribution < 1.29 is 14.2 Å². The van der Waals surface area contributed by atoms with E-state index in [1.807, 2.05) is 0 Å². The van der Waals surface area contributed by atoms with E-state index in [-0.39, 0.29) is 16.8 Å². The average molecular weight is 361 g/mol. The van der Waals surface area contributed by atoms with E-state index < -0.39 is 0 Å². The van der Waals surface area contributed by atoms with Crippen molar-refractivity contribution in [2.45, 2.75) is 121 Å². The molecule has 0 amide bonds. The molecule has 146 valence electrons. The van der Waals surface area contributed by atoms with Crippen molar-refractivity contribution in [3.05, 3.63) is 0 Å². The van der Waals surface area contributed by atoms with E-state index in [1.54, 1.807) is 0 Å². The lowest BCUT2D eigenvalue weighted by molar-refractivity contribution is -0.0401. The van der Waals surface area contributed by atoms with Crippen molar-refractivity contribution in [2.24, 2.45) is 23.2 Å². The van der Waals surface area contributed by atoms with Crippen LogP contribution >= 0.6 is 0 Å². The number of hydrogen-bond donors (Lipinski definition) is 0. The summed E-state index contributed by atoms with van der Waals surface area (Å²) in [4.78, 5) is 0. The van der Waals surface area contributed by atoms with Crippen LogP contribution in [-0.4, -0.2) is 35.1 Å². The molecule has 0 aromatic rings. The zero-order valence-corrected chi connectivity index (χ0v) is 17.1.